The maximum atomic E-state index is 15.2. The molecule has 220 valence electrons. The van der Waals surface area contributed by atoms with Crippen LogP contribution in [0, 0.1) is 17.5 Å². The van der Waals surface area contributed by atoms with Crippen LogP contribution < -0.4 is 25.1 Å². The van der Waals surface area contributed by atoms with Gasteiger partial charge in [-0.1, -0.05) is 0 Å². The van der Waals surface area contributed by atoms with Crippen molar-refractivity contribution in [3.63, 3.8) is 0 Å². The molecule has 3 heterocycles. The molecule has 0 atom stereocenters. The van der Waals surface area contributed by atoms with E-state index in [-0.39, 0.29) is 22.7 Å². The standard InChI is InChI=1S/C31H25F3N4O5/c1-41-27-15-19-22(16-28(27)42-2)35-11-10-25(19)43-26-9-7-18(14-21(26)34)36-30(39)29-23-5-3-4-12-37(23)38(31(29)40)24-13-17(32)6-8-20(24)33/h6-11,13-16H,3-5,12H2,1-2H3,(H,36,39). The number of ether oxygens (including phenoxy) is 3. The quantitative estimate of drug-likeness (QED) is 0.250. The van der Waals surface area contributed by atoms with Crippen LogP contribution in [0.25, 0.3) is 16.6 Å². The highest BCUT2D eigenvalue weighted by atomic mass is 19.1. The van der Waals surface area contributed by atoms with Crippen molar-refractivity contribution in [2.75, 3.05) is 19.5 Å². The van der Waals surface area contributed by atoms with Crippen molar-refractivity contribution < 1.29 is 32.2 Å². The third kappa shape index (κ3) is 5.05. The Bertz CT molecular complexity index is 1950. The van der Waals surface area contributed by atoms with E-state index in [0.717, 1.165) is 28.9 Å². The lowest BCUT2D eigenvalue weighted by Gasteiger charge is -2.19. The summed E-state index contributed by atoms with van der Waals surface area (Å²) in [7, 11) is 3.00. The normalized spacial score (nSPS) is 12.6. The lowest BCUT2D eigenvalue weighted by molar-refractivity contribution is 0.102. The van der Waals surface area contributed by atoms with E-state index >= 15 is 4.39 Å². The Morgan fingerprint density at radius 1 is 0.884 bits per heavy atom. The first-order valence-electron chi connectivity index (χ1n) is 13.4. The number of anilines is 1. The molecule has 0 fully saturated rings. The zero-order chi connectivity index (χ0) is 30.2. The molecular formula is C31H25F3N4O5. The largest absolute Gasteiger partial charge is 0.493 e. The first-order chi connectivity index (χ1) is 20.8. The first-order valence-corrected chi connectivity index (χ1v) is 13.4. The second-order valence-electron chi connectivity index (χ2n) is 9.85. The molecule has 9 nitrogen and oxygen atoms in total. The maximum absolute atomic E-state index is 15.2. The number of halogens is 3. The van der Waals surface area contributed by atoms with E-state index in [1.54, 1.807) is 18.2 Å². The number of methoxy groups -OCH3 is 2. The number of hydrogen-bond donors (Lipinski definition) is 1. The molecule has 3 aromatic carbocycles. The van der Waals surface area contributed by atoms with Crippen LogP contribution in [-0.4, -0.2) is 34.5 Å². The molecule has 43 heavy (non-hydrogen) atoms. The minimum atomic E-state index is -0.807. The van der Waals surface area contributed by atoms with E-state index < -0.39 is 28.9 Å². The fourth-order valence-corrected chi connectivity index (χ4v) is 5.26. The van der Waals surface area contributed by atoms with E-state index in [9.17, 15) is 18.4 Å². The summed E-state index contributed by atoms with van der Waals surface area (Å²) >= 11 is 0. The van der Waals surface area contributed by atoms with Crippen molar-refractivity contribution in [3.05, 3.63) is 99.9 Å². The van der Waals surface area contributed by atoms with Crippen molar-refractivity contribution in [1.29, 1.82) is 0 Å². The predicted molar refractivity (Wildman–Crippen MR) is 152 cm³/mol. The Balaban J connectivity index is 1.30. The molecule has 0 saturated heterocycles. The summed E-state index contributed by atoms with van der Waals surface area (Å²) in [6, 6.07) is 11.5. The zero-order valence-electron chi connectivity index (χ0n) is 23.1. The molecule has 0 unspecified atom stereocenters. The molecule has 2 aromatic heterocycles. The van der Waals surface area contributed by atoms with Crippen LogP contribution in [0.5, 0.6) is 23.0 Å². The smallest absolute Gasteiger partial charge is 0.284 e. The second-order valence-corrected chi connectivity index (χ2v) is 9.85. The summed E-state index contributed by atoms with van der Waals surface area (Å²) in [5, 5.41) is 3.12. The van der Waals surface area contributed by atoms with Crippen LogP contribution in [0.2, 0.25) is 0 Å². The second kappa shape index (κ2) is 11.2. The zero-order valence-corrected chi connectivity index (χ0v) is 23.1. The summed E-state index contributed by atoms with van der Waals surface area (Å²) in [5.74, 6) is -1.99. The Kier molecular flexibility index (Phi) is 7.26. The van der Waals surface area contributed by atoms with Crippen molar-refractivity contribution in [2.24, 2.45) is 0 Å². The monoisotopic (exact) mass is 590 g/mol. The van der Waals surface area contributed by atoms with Crippen molar-refractivity contribution in [2.45, 2.75) is 25.8 Å². The van der Waals surface area contributed by atoms with E-state index in [1.165, 1.54) is 37.2 Å². The van der Waals surface area contributed by atoms with E-state index in [4.69, 9.17) is 14.2 Å². The molecule has 12 heteroatoms. The van der Waals surface area contributed by atoms with Gasteiger partial charge in [-0.3, -0.25) is 19.3 Å². The van der Waals surface area contributed by atoms with Crippen LogP contribution in [0.3, 0.4) is 0 Å². The number of fused-ring (bicyclic) bond motifs is 2. The molecule has 0 saturated carbocycles. The number of benzene rings is 3. The topological polar surface area (TPSA) is 96.6 Å². The number of carbonyl (C=O) groups excluding carboxylic acids is 1. The average molecular weight is 591 g/mol. The molecule has 1 aliphatic rings. The Labute approximate surface area is 243 Å². The number of rotatable bonds is 7. The van der Waals surface area contributed by atoms with Gasteiger partial charge >= 0.3 is 0 Å². The highest BCUT2D eigenvalue weighted by Gasteiger charge is 2.29. The average Bonchev–Trinajstić information content (AvgIpc) is 3.30. The lowest BCUT2D eigenvalue weighted by Crippen LogP contribution is -2.26. The summed E-state index contributed by atoms with van der Waals surface area (Å²) in [6.07, 6.45) is 3.30. The van der Waals surface area contributed by atoms with Crippen LogP contribution in [-0.2, 0) is 13.0 Å². The Hall–Kier alpha value is -5.26. The van der Waals surface area contributed by atoms with Gasteiger partial charge in [0.2, 0.25) is 0 Å². The van der Waals surface area contributed by atoms with Gasteiger partial charge < -0.3 is 19.5 Å². The fraction of sp³-hybridized carbons (Fsp3) is 0.194. The van der Waals surface area contributed by atoms with E-state index in [0.29, 0.717) is 59.7 Å². The predicted octanol–water partition coefficient (Wildman–Crippen LogP) is 6.00. The third-order valence-electron chi connectivity index (χ3n) is 7.26. The number of amides is 1. The third-order valence-corrected chi connectivity index (χ3v) is 7.26. The highest BCUT2D eigenvalue weighted by molar-refractivity contribution is 6.05. The summed E-state index contributed by atoms with van der Waals surface area (Å²) in [6.45, 7) is 0.344. The van der Waals surface area contributed by atoms with Gasteiger partial charge in [0, 0.05) is 42.0 Å². The number of aromatic nitrogens is 3. The van der Waals surface area contributed by atoms with Gasteiger partial charge in [-0.15, -0.1) is 0 Å². The van der Waals surface area contributed by atoms with E-state index in [2.05, 4.69) is 10.3 Å². The number of nitrogens with zero attached hydrogens (tertiary/aromatic N) is 3. The van der Waals surface area contributed by atoms with Gasteiger partial charge in [0.05, 0.1) is 25.4 Å². The van der Waals surface area contributed by atoms with Crippen molar-refractivity contribution in [3.8, 4) is 28.7 Å². The van der Waals surface area contributed by atoms with E-state index in [1.807, 2.05) is 0 Å². The van der Waals surface area contributed by atoms with Crippen molar-refractivity contribution >= 4 is 22.5 Å². The molecule has 1 aliphatic heterocycles. The fourth-order valence-electron chi connectivity index (χ4n) is 5.26. The number of nitrogens with one attached hydrogen (secondary N) is 1. The molecule has 0 aliphatic carbocycles. The van der Waals surface area contributed by atoms with Gasteiger partial charge in [0.1, 0.15) is 28.6 Å². The van der Waals surface area contributed by atoms with Crippen molar-refractivity contribution in [1.82, 2.24) is 14.3 Å². The minimum Gasteiger partial charge on any atom is -0.493 e. The van der Waals surface area contributed by atoms with Gasteiger partial charge in [-0.2, -0.15) is 0 Å². The van der Waals surface area contributed by atoms with Gasteiger partial charge in [0.25, 0.3) is 11.5 Å². The molecule has 0 spiro atoms. The number of hydrogen-bond acceptors (Lipinski definition) is 6. The summed E-state index contributed by atoms with van der Waals surface area (Å²) < 4.78 is 62.9. The van der Waals surface area contributed by atoms with Gasteiger partial charge in [-0.25, -0.2) is 17.9 Å². The molecular weight excluding hydrogens is 565 g/mol. The highest BCUT2D eigenvalue weighted by Crippen LogP contribution is 2.37. The lowest BCUT2D eigenvalue weighted by atomic mass is 10.1. The molecule has 0 radical (unpaired) electrons. The van der Waals surface area contributed by atoms with Gasteiger partial charge in [-0.05, 0) is 55.7 Å². The summed E-state index contributed by atoms with van der Waals surface area (Å²) in [4.78, 5) is 31.1. The van der Waals surface area contributed by atoms with Crippen LogP contribution in [0.15, 0.2) is 65.6 Å². The molecule has 1 amide bonds. The first kappa shape index (κ1) is 27.9. The minimum absolute atomic E-state index is 0.0690. The Morgan fingerprint density at radius 3 is 2.44 bits per heavy atom. The van der Waals surface area contributed by atoms with Crippen LogP contribution >= 0.6 is 0 Å². The van der Waals surface area contributed by atoms with Gasteiger partial charge in [0.15, 0.2) is 23.1 Å². The number of pyridine rings is 1. The Morgan fingerprint density at radius 2 is 1.67 bits per heavy atom. The maximum Gasteiger partial charge on any atom is 0.284 e. The SMILES string of the molecule is COc1cc2nccc(Oc3ccc(NC(=O)c4c5n(n(-c6cc(F)ccc6F)c4=O)CCCC5)cc3F)c2cc1OC. The van der Waals surface area contributed by atoms with Crippen LogP contribution in [0.4, 0.5) is 18.9 Å². The number of carbonyl (C=O) groups is 1. The van der Waals surface area contributed by atoms with Crippen LogP contribution in [0.1, 0.15) is 28.9 Å². The molecule has 5 aromatic rings. The molecule has 6 rings (SSSR count). The summed E-state index contributed by atoms with van der Waals surface area (Å²) in [5.41, 5.74) is -0.291. The molecule has 1 N–H and O–H groups in total. The molecule has 0 bridgehead atoms.